The number of hydrogen-bond acceptors (Lipinski definition) is 1. The fraction of sp³-hybridized carbons (Fsp3) is 0.0189. The van der Waals surface area contributed by atoms with Crippen LogP contribution in [0.4, 0.5) is 0 Å². The molecule has 0 aliphatic rings. The number of ether oxygens (including phenoxy) is 1. The van der Waals surface area contributed by atoms with Crippen molar-refractivity contribution < 1.29 is 4.74 Å². The van der Waals surface area contributed by atoms with E-state index in [1.54, 1.807) is 7.11 Å². The van der Waals surface area contributed by atoms with Crippen molar-refractivity contribution in [3.63, 3.8) is 0 Å². The zero-order valence-electron chi connectivity index (χ0n) is 30.2. The van der Waals surface area contributed by atoms with E-state index in [1.807, 2.05) is 30.4 Å². The van der Waals surface area contributed by atoms with Gasteiger partial charge in [-0.05, 0) is 117 Å². The first-order valence-electron chi connectivity index (χ1n) is 18.4. The molecule has 0 fully saturated rings. The Morgan fingerprint density at radius 3 is 1.19 bits per heavy atom. The largest absolute Gasteiger partial charge is 0.497 e. The van der Waals surface area contributed by atoms with E-state index in [4.69, 9.17) is 4.74 Å². The summed E-state index contributed by atoms with van der Waals surface area (Å²) < 4.78 is 5.49. The molecule has 256 valence electrons. The Morgan fingerprint density at radius 2 is 0.778 bits per heavy atom. The van der Waals surface area contributed by atoms with E-state index < -0.39 is 0 Å². The van der Waals surface area contributed by atoms with Gasteiger partial charge in [0.05, 0.1) is 7.11 Å². The molecule has 54 heavy (non-hydrogen) atoms. The third kappa shape index (κ3) is 5.50. The first-order valence-corrected chi connectivity index (χ1v) is 18.4. The van der Waals surface area contributed by atoms with Gasteiger partial charge in [-0.15, -0.1) is 0 Å². The van der Waals surface area contributed by atoms with Crippen molar-refractivity contribution in [3.05, 3.63) is 207 Å². The van der Waals surface area contributed by atoms with Crippen LogP contribution in [-0.2, 0) is 0 Å². The highest BCUT2D eigenvalue weighted by Gasteiger charge is 2.20. The van der Waals surface area contributed by atoms with Crippen LogP contribution in [0.5, 0.6) is 5.75 Å². The molecule has 0 heterocycles. The van der Waals surface area contributed by atoms with Gasteiger partial charge in [0.2, 0.25) is 0 Å². The zero-order chi connectivity index (χ0) is 36.6. The Labute approximate surface area is 316 Å². The third-order valence-corrected chi connectivity index (χ3v) is 10.7. The molecule has 1 heteroatoms. The van der Waals surface area contributed by atoms with E-state index in [1.165, 1.54) is 87.6 Å². The van der Waals surface area contributed by atoms with E-state index in [-0.39, 0.29) is 0 Å². The van der Waals surface area contributed by atoms with Crippen molar-refractivity contribution in [1.82, 2.24) is 0 Å². The van der Waals surface area contributed by atoms with Crippen LogP contribution in [0.1, 0.15) is 5.56 Å². The van der Waals surface area contributed by atoms with E-state index in [0.717, 1.165) is 16.9 Å². The molecule has 0 saturated heterocycles. The highest BCUT2D eigenvalue weighted by Crippen LogP contribution is 2.47. The molecule has 0 aliphatic carbocycles. The Bertz CT molecular complexity index is 2850. The second-order valence-corrected chi connectivity index (χ2v) is 13.6. The molecule has 0 unspecified atom stereocenters. The van der Waals surface area contributed by atoms with Crippen molar-refractivity contribution in [3.8, 4) is 50.3 Å². The molecule has 0 atom stereocenters. The van der Waals surface area contributed by atoms with Crippen LogP contribution < -0.4 is 4.74 Å². The van der Waals surface area contributed by atoms with E-state index in [0.29, 0.717) is 0 Å². The van der Waals surface area contributed by atoms with Gasteiger partial charge < -0.3 is 4.74 Å². The van der Waals surface area contributed by atoms with Crippen molar-refractivity contribution in [2.45, 2.75) is 0 Å². The Balaban J connectivity index is 1.28. The molecule has 1 nitrogen and oxygen atoms in total. The fourth-order valence-corrected chi connectivity index (χ4v) is 8.31. The number of allylic oxidation sites excluding steroid dienone is 4. The number of methoxy groups -OCH3 is 1. The molecule has 9 aromatic rings. The number of benzene rings is 9. The van der Waals surface area contributed by atoms with Crippen LogP contribution in [0.15, 0.2) is 201 Å². The summed E-state index contributed by atoms with van der Waals surface area (Å²) in [6.07, 6.45) is 5.75. The standard InChI is InChI=1S/C53H38O/c1-4-15-35(5-2)40-30-33-48-49(34-40)53(36-16-7-6-8-17-36)47-23-14-13-22-46(47)52(48)38-26-24-37(25-27-38)50-42-18-9-11-20-44(42)51(45-21-12-10-19-43(45)50)39-28-31-41(54-3)32-29-39/h4-34H,1-2H2,3H3/b35-15+. The monoisotopic (exact) mass is 690 g/mol. The average Bonchev–Trinajstić information content (AvgIpc) is 3.24. The van der Waals surface area contributed by atoms with Gasteiger partial charge in [0.25, 0.3) is 0 Å². The highest BCUT2D eigenvalue weighted by atomic mass is 16.5. The summed E-state index contributed by atoms with van der Waals surface area (Å²) in [5.41, 5.74) is 11.9. The minimum Gasteiger partial charge on any atom is -0.497 e. The molecular weight excluding hydrogens is 653 g/mol. The lowest BCUT2D eigenvalue weighted by Gasteiger charge is -2.20. The van der Waals surface area contributed by atoms with E-state index in [9.17, 15) is 0 Å². The molecule has 0 aliphatic heterocycles. The van der Waals surface area contributed by atoms with Gasteiger partial charge in [0, 0.05) is 0 Å². The van der Waals surface area contributed by atoms with Crippen LogP contribution in [0, 0.1) is 0 Å². The molecule has 9 rings (SSSR count). The minimum atomic E-state index is 0.853. The summed E-state index contributed by atoms with van der Waals surface area (Å²) in [7, 11) is 1.71. The van der Waals surface area contributed by atoms with Crippen LogP contribution in [0.25, 0.3) is 93.2 Å². The minimum absolute atomic E-state index is 0.853. The van der Waals surface area contributed by atoms with Gasteiger partial charge in [0.1, 0.15) is 5.75 Å². The molecule has 0 N–H and O–H groups in total. The summed E-state index contributed by atoms with van der Waals surface area (Å²) in [5.74, 6) is 0.853. The summed E-state index contributed by atoms with van der Waals surface area (Å²) in [6, 6.07) is 61.6. The number of fused-ring (bicyclic) bond motifs is 4. The molecule has 0 radical (unpaired) electrons. The van der Waals surface area contributed by atoms with Crippen LogP contribution in [0.3, 0.4) is 0 Å². The maximum absolute atomic E-state index is 5.49. The SMILES string of the molecule is C=C/C=C(\C=C)c1ccc2c(-c3ccc(-c4c5ccccc5c(-c5ccc(OC)cc5)c5ccccc45)cc3)c3ccccc3c(-c3ccccc3)c2c1. The number of hydrogen-bond donors (Lipinski definition) is 0. The van der Waals surface area contributed by atoms with E-state index in [2.05, 4.69) is 171 Å². The van der Waals surface area contributed by atoms with Crippen LogP contribution in [-0.4, -0.2) is 7.11 Å². The summed E-state index contributed by atoms with van der Waals surface area (Å²) in [4.78, 5) is 0. The molecule has 0 spiro atoms. The number of rotatable bonds is 8. The summed E-state index contributed by atoms with van der Waals surface area (Å²) in [6.45, 7) is 8.06. The van der Waals surface area contributed by atoms with Gasteiger partial charge >= 0.3 is 0 Å². The van der Waals surface area contributed by atoms with Crippen molar-refractivity contribution in [1.29, 1.82) is 0 Å². The van der Waals surface area contributed by atoms with Gasteiger partial charge in [0.15, 0.2) is 0 Å². The molecule has 0 bridgehead atoms. The topological polar surface area (TPSA) is 9.23 Å². The maximum atomic E-state index is 5.49. The predicted octanol–water partition coefficient (Wildman–Crippen LogP) is 14.7. The molecule has 0 amide bonds. The van der Waals surface area contributed by atoms with Gasteiger partial charge in [-0.1, -0.05) is 183 Å². The maximum Gasteiger partial charge on any atom is 0.118 e. The van der Waals surface area contributed by atoms with Crippen molar-refractivity contribution >= 4 is 48.7 Å². The smallest absolute Gasteiger partial charge is 0.118 e. The Morgan fingerprint density at radius 1 is 0.407 bits per heavy atom. The normalized spacial score (nSPS) is 11.7. The van der Waals surface area contributed by atoms with Gasteiger partial charge in [-0.3, -0.25) is 0 Å². The van der Waals surface area contributed by atoms with Crippen molar-refractivity contribution in [2.24, 2.45) is 0 Å². The fourth-order valence-electron chi connectivity index (χ4n) is 8.31. The third-order valence-electron chi connectivity index (χ3n) is 10.7. The Hall–Kier alpha value is -6.96. The van der Waals surface area contributed by atoms with E-state index >= 15 is 0 Å². The lowest BCUT2D eigenvalue weighted by atomic mass is 9.83. The first-order chi connectivity index (χ1) is 26.7. The Kier molecular flexibility index (Phi) is 8.46. The second-order valence-electron chi connectivity index (χ2n) is 13.6. The molecule has 0 saturated carbocycles. The predicted molar refractivity (Wildman–Crippen MR) is 233 cm³/mol. The molecule has 0 aromatic heterocycles. The first kappa shape index (κ1) is 32.9. The van der Waals surface area contributed by atoms with Crippen LogP contribution >= 0.6 is 0 Å². The average molecular weight is 691 g/mol. The molecular formula is C53H38O. The zero-order valence-corrected chi connectivity index (χ0v) is 30.2. The summed E-state index contributed by atoms with van der Waals surface area (Å²) >= 11 is 0. The second kappa shape index (κ2) is 13.9. The lowest BCUT2D eigenvalue weighted by molar-refractivity contribution is 0.415. The van der Waals surface area contributed by atoms with Gasteiger partial charge in [-0.2, -0.15) is 0 Å². The van der Waals surface area contributed by atoms with Gasteiger partial charge in [-0.25, -0.2) is 0 Å². The quantitative estimate of drug-likeness (QED) is 0.114. The molecule has 9 aromatic carbocycles. The van der Waals surface area contributed by atoms with Crippen LogP contribution in [0.2, 0.25) is 0 Å². The lowest BCUT2D eigenvalue weighted by Crippen LogP contribution is -1.93. The summed E-state index contributed by atoms with van der Waals surface area (Å²) in [5, 5.41) is 9.81. The highest BCUT2D eigenvalue weighted by molar-refractivity contribution is 6.23. The van der Waals surface area contributed by atoms with Crippen molar-refractivity contribution in [2.75, 3.05) is 7.11 Å².